The maximum atomic E-state index is 11.6. The quantitative estimate of drug-likeness (QED) is 0.630. The van der Waals surface area contributed by atoms with Crippen molar-refractivity contribution in [2.45, 2.75) is 13.2 Å². The van der Waals surface area contributed by atoms with Crippen LogP contribution in [0.4, 0.5) is 11.4 Å². The van der Waals surface area contributed by atoms with E-state index < -0.39 is 8.25 Å². The van der Waals surface area contributed by atoms with Gasteiger partial charge in [0.05, 0.1) is 0 Å². The average molecular weight is 291 g/mol. The van der Waals surface area contributed by atoms with Gasteiger partial charge in [0, 0.05) is 27.1 Å². The molecule has 0 atom stereocenters. The molecule has 2 aromatic carbocycles. The fourth-order valence-electron chi connectivity index (χ4n) is 1.61. The number of hydrogen-bond donors (Lipinski definition) is 2. The number of anilines is 2. The molecule has 0 fully saturated rings. The Kier molecular flexibility index (Phi) is 5.07. The molecular weight excluding hydrogens is 275 g/mol. The lowest BCUT2D eigenvalue weighted by atomic mass is 10.2. The maximum Gasteiger partial charge on any atom is 0.698 e. The van der Waals surface area contributed by atoms with E-state index in [0.29, 0.717) is 11.4 Å². The third-order valence-electron chi connectivity index (χ3n) is 2.76. The van der Waals surface area contributed by atoms with Gasteiger partial charge in [0.2, 0.25) is 0 Å². The van der Waals surface area contributed by atoms with E-state index in [4.69, 9.17) is 20.5 Å². The summed E-state index contributed by atoms with van der Waals surface area (Å²) in [6.45, 7) is 0.290. The lowest BCUT2D eigenvalue weighted by Crippen LogP contribution is -1.96. The molecule has 0 spiro atoms. The minimum atomic E-state index is -2.21. The Bertz CT molecular complexity index is 553. The van der Waals surface area contributed by atoms with Crippen LogP contribution in [0.25, 0.3) is 0 Å². The normalized spacial score (nSPS) is 10.4. The third-order valence-corrected chi connectivity index (χ3v) is 3.44. The van der Waals surface area contributed by atoms with Crippen LogP contribution in [0.2, 0.25) is 0 Å². The van der Waals surface area contributed by atoms with Gasteiger partial charge in [-0.3, -0.25) is 0 Å². The molecule has 0 aromatic heterocycles. The average Bonchev–Trinajstić information content (AvgIpc) is 2.45. The highest BCUT2D eigenvalue weighted by Gasteiger charge is 2.21. The smallest absolute Gasteiger partial charge is 0.398 e. The Hall–Kier alpha value is -1.94. The lowest BCUT2D eigenvalue weighted by Gasteiger charge is -2.01. The molecule has 0 amide bonds. The van der Waals surface area contributed by atoms with Crippen LogP contribution in [0.5, 0.6) is 0 Å². The first-order valence-electron chi connectivity index (χ1n) is 6.06. The molecule has 0 radical (unpaired) electrons. The van der Waals surface area contributed by atoms with Crippen molar-refractivity contribution >= 4 is 19.6 Å². The predicted molar refractivity (Wildman–Crippen MR) is 78.9 cm³/mol. The van der Waals surface area contributed by atoms with E-state index in [2.05, 4.69) is 0 Å². The second kappa shape index (κ2) is 7.01. The van der Waals surface area contributed by atoms with E-state index in [0.717, 1.165) is 11.1 Å². The second-order valence-electron chi connectivity index (χ2n) is 4.17. The molecule has 0 saturated heterocycles. The van der Waals surface area contributed by atoms with E-state index in [1.165, 1.54) is 0 Å². The third kappa shape index (κ3) is 4.03. The van der Waals surface area contributed by atoms with Crippen molar-refractivity contribution < 1.29 is 13.6 Å². The number of nitrogens with two attached hydrogens (primary N) is 2. The van der Waals surface area contributed by atoms with E-state index in [-0.39, 0.29) is 13.2 Å². The van der Waals surface area contributed by atoms with Crippen LogP contribution in [-0.2, 0) is 26.8 Å². The number of benzene rings is 2. The highest BCUT2D eigenvalue weighted by molar-refractivity contribution is 7.33. The van der Waals surface area contributed by atoms with Crippen molar-refractivity contribution in [3.05, 3.63) is 59.7 Å². The SMILES string of the molecule is Nc1ccccc1CO[P+](=O)OCc1ccccc1N. The van der Waals surface area contributed by atoms with Crippen molar-refractivity contribution in [3.8, 4) is 0 Å². The summed E-state index contributed by atoms with van der Waals surface area (Å²) in [6, 6.07) is 14.5. The molecule has 104 valence electrons. The summed E-state index contributed by atoms with van der Waals surface area (Å²) in [7, 11) is -2.21. The molecule has 0 aliphatic rings. The van der Waals surface area contributed by atoms with Crippen LogP contribution in [0.1, 0.15) is 11.1 Å². The zero-order valence-corrected chi connectivity index (χ0v) is 11.8. The summed E-state index contributed by atoms with van der Waals surface area (Å²) in [5, 5.41) is 0. The number of hydrogen-bond acceptors (Lipinski definition) is 5. The largest absolute Gasteiger partial charge is 0.698 e. The highest BCUT2D eigenvalue weighted by Crippen LogP contribution is 2.29. The molecule has 5 nitrogen and oxygen atoms in total. The van der Waals surface area contributed by atoms with Crippen LogP contribution in [-0.4, -0.2) is 0 Å². The summed E-state index contributed by atoms with van der Waals surface area (Å²) in [4.78, 5) is 0. The second-order valence-corrected chi connectivity index (χ2v) is 5.13. The molecule has 0 bridgehead atoms. The van der Waals surface area contributed by atoms with Crippen LogP contribution in [0, 0.1) is 0 Å². The topological polar surface area (TPSA) is 87.6 Å². The Morgan fingerprint density at radius 1 is 0.800 bits per heavy atom. The van der Waals surface area contributed by atoms with Crippen LogP contribution >= 0.6 is 8.25 Å². The van der Waals surface area contributed by atoms with Gasteiger partial charge in [0.15, 0.2) is 0 Å². The molecule has 20 heavy (non-hydrogen) atoms. The number of rotatable bonds is 6. The van der Waals surface area contributed by atoms with E-state index in [1.54, 1.807) is 12.1 Å². The molecule has 2 rings (SSSR count). The molecule has 0 heterocycles. The number of para-hydroxylation sites is 2. The minimum Gasteiger partial charge on any atom is -0.398 e. The van der Waals surface area contributed by atoms with Crippen molar-refractivity contribution in [2.75, 3.05) is 11.5 Å². The van der Waals surface area contributed by atoms with Gasteiger partial charge in [-0.1, -0.05) is 36.4 Å². The molecule has 6 heteroatoms. The number of nitrogen functional groups attached to an aromatic ring is 2. The Balaban J connectivity index is 1.82. The summed E-state index contributed by atoms with van der Waals surface area (Å²) >= 11 is 0. The Morgan fingerprint density at radius 3 is 1.60 bits per heavy atom. The maximum absolute atomic E-state index is 11.6. The summed E-state index contributed by atoms with van der Waals surface area (Å²) < 4.78 is 21.9. The van der Waals surface area contributed by atoms with Gasteiger partial charge in [-0.25, -0.2) is 0 Å². The summed E-state index contributed by atoms with van der Waals surface area (Å²) in [6.07, 6.45) is 0. The molecule has 0 unspecified atom stereocenters. The van der Waals surface area contributed by atoms with Crippen molar-refractivity contribution in [2.24, 2.45) is 0 Å². The predicted octanol–water partition coefficient (Wildman–Crippen LogP) is 3.24. The zero-order valence-electron chi connectivity index (χ0n) is 10.9. The lowest BCUT2D eigenvalue weighted by molar-refractivity contribution is 0.213. The summed E-state index contributed by atoms with van der Waals surface area (Å²) in [5.41, 5.74) is 14.3. The first-order chi connectivity index (χ1) is 9.66. The van der Waals surface area contributed by atoms with Gasteiger partial charge in [-0.2, -0.15) is 0 Å². The van der Waals surface area contributed by atoms with Gasteiger partial charge < -0.3 is 11.5 Å². The van der Waals surface area contributed by atoms with Gasteiger partial charge in [-0.15, -0.1) is 9.05 Å². The van der Waals surface area contributed by atoms with E-state index >= 15 is 0 Å². The van der Waals surface area contributed by atoms with Crippen molar-refractivity contribution in [1.82, 2.24) is 0 Å². The van der Waals surface area contributed by atoms with Gasteiger partial charge in [0.1, 0.15) is 13.2 Å². The summed E-state index contributed by atoms with van der Waals surface area (Å²) in [5.74, 6) is 0. The van der Waals surface area contributed by atoms with Gasteiger partial charge in [0.25, 0.3) is 0 Å². The minimum absolute atomic E-state index is 0.145. The standard InChI is InChI=1S/C14H16N2O3P/c15-13-7-3-1-5-11(13)9-18-20(17)19-10-12-6-2-4-8-14(12)16/h1-8H,9-10,15-16H2/q+1. The first kappa shape index (κ1) is 14.5. The van der Waals surface area contributed by atoms with E-state index in [9.17, 15) is 4.57 Å². The first-order valence-corrected chi connectivity index (χ1v) is 7.16. The fraction of sp³-hybridized carbons (Fsp3) is 0.143. The van der Waals surface area contributed by atoms with Gasteiger partial charge in [-0.05, 0) is 12.1 Å². The fourth-order valence-corrected chi connectivity index (χ4v) is 2.18. The van der Waals surface area contributed by atoms with Crippen LogP contribution in [0.3, 0.4) is 0 Å². The van der Waals surface area contributed by atoms with E-state index in [1.807, 2.05) is 36.4 Å². The van der Waals surface area contributed by atoms with Crippen LogP contribution in [0.15, 0.2) is 48.5 Å². The zero-order chi connectivity index (χ0) is 14.4. The van der Waals surface area contributed by atoms with Crippen molar-refractivity contribution in [3.63, 3.8) is 0 Å². The molecule has 0 aliphatic carbocycles. The molecule has 2 aromatic rings. The highest BCUT2D eigenvalue weighted by atomic mass is 31.1. The molecular formula is C14H16N2O3P+. The molecule has 0 saturated carbocycles. The van der Waals surface area contributed by atoms with Crippen LogP contribution < -0.4 is 11.5 Å². The Labute approximate surface area is 118 Å². The monoisotopic (exact) mass is 291 g/mol. The molecule has 0 aliphatic heterocycles. The van der Waals surface area contributed by atoms with Crippen molar-refractivity contribution in [1.29, 1.82) is 0 Å². The Morgan fingerprint density at radius 2 is 1.20 bits per heavy atom. The van der Waals surface area contributed by atoms with Gasteiger partial charge >= 0.3 is 8.25 Å². The molecule has 4 N–H and O–H groups in total.